The maximum Gasteiger partial charge on any atom is 0.151 e. The Labute approximate surface area is 124 Å². The van der Waals surface area contributed by atoms with Crippen LogP contribution in [0, 0.1) is 6.92 Å². The molecular weight excluding hydrogens is 248 g/mol. The number of hydrogen-bond donors (Lipinski definition) is 1. The maximum absolute atomic E-state index is 4.29. The minimum Gasteiger partial charge on any atom is -0.355 e. The van der Waals surface area contributed by atoms with E-state index in [4.69, 9.17) is 0 Å². The molecule has 0 radical (unpaired) electrons. The van der Waals surface area contributed by atoms with Gasteiger partial charge in [-0.3, -0.25) is 0 Å². The van der Waals surface area contributed by atoms with E-state index in [9.17, 15) is 0 Å². The number of aromatic nitrogens is 2. The highest BCUT2D eigenvalue weighted by molar-refractivity contribution is 5.37. The molecule has 114 valence electrons. The molecule has 0 saturated heterocycles. The molecule has 0 bridgehead atoms. The number of anilines is 1. The molecule has 1 aliphatic rings. The molecule has 0 amide bonds. The second-order valence-electron chi connectivity index (χ2n) is 5.30. The van der Waals surface area contributed by atoms with Crippen LogP contribution in [0.2, 0.25) is 0 Å². The van der Waals surface area contributed by atoms with Crippen molar-refractivity contribution in [1.82, 2.24) is 15.5 Å². The quantitative estimate of drug-likeness (QED) is 0.862. The Balaban J connectivity index is 0.000000956. The van der Waals surface area contributed by atoms with Crippen molar-refractivity contribution >= 4 is 5.82 Å². The van der Waals surface area contributed by atoms with E-state index < -0.39 is 0 Å². The highest BCUT2D eigenvalue weighted by Gasteiger charge is 2.23. The Morgan fingerprint density at radius 3 is 2.45 bits per heavy atom. The zero-order chi connectivity index (χ0) is 15.0. The third-order valence-electron chi connectivity index (χ3n) is 4.00. The smallest absolute Gasteiger partial charge is 0.151 e. The van der Waals surface area contributed by atoms with Crippen molar-refractivity contribution in [1.29, 1.82) is 0 Å². The molecule has 1 heterocycles. The third-order valence-corrected chi connectivity index (χ3v) is 4.00. The van der Waals surface area contributed by atoms with Gasteiger partial charge in [0, 0.05) is 19.1 Å². The molecule has 1 saturated carbocycles. The summed E-state index contributed by atoms with van der Waals surface area (Å²) < 4.78 is 0. The molecule has 1 aromatic rings. The lowest BCUT2D eigenvalue weighted by atomic mass is 10.0. The van der Waals surface area contributed by atoms with Crippen LogP contribution in [0.25, 0.3) is 0 Å². The van der Waals surface area contributed by atoms with E-state index in [-0.39, 0.29) is 0 Å². The normalized spacial score (nSPS) is 22.4. The standard InChI is InChI=1S/C14H24N4.C2H6/c1-11-8-9-14(17-16-11)18(3)13-7-5-4-6-12(10-13)15-2;1-2/h8-9,12-13,15H,4-7,10H2,1-3H3;1-2H3/t12?,13-;/m0./s1. The first-order chi connectivity index (χ1) is 9.70. The monoisotopic (exact) mass is 278 g/mol. The van der Waals surface area contributed by atoms with Crippen molar-refractivity contribution in [3.8, 4) is 0 Å². The Hall–Kier alpha value is -1.16. The van der Waals surface area contributed by atoms with Gasteiger partial charge in [0.05, 0.1) is 5.69 Å². The molecule has 1 unspecified atom stereocenters. The predicted octanol–water partition coefficient (Wildman–Crippen LogP) is 3.17. The molecule has 4 nitrogen and oxygen atoms in total. The van der Waals surface area contributed by atoms with Crippen LogP contribution in [-0.2, 0) is 0 Å². The lowest BCUT2D eigenvalue weighted by molar-refractivity contribution is 0.457. The summed E-state index contributed by atoms with van der Waals surface area (Å²) in [4.78, 5) is 2.29. The minimum absolute atomic E-state index is 0.571. The average molecular weight is 278 g/mol. The van der Waals surface area contributed by atoms with E-state index in [0.29, 0.717) is 12.1 Å². The summed E-state index contributed by atoms with van der Waals surface area (Å²) in [5.74, 6) is 0.988. The first kappa shape index (κ1) is 16.9. The fourth-order valence-electron chi connectivity index (χ4n) is 2.72. The van der Waals surface area contributed by atoms with E-state index in [1.165, 1.54) is 32.1 Å². The van der Waals surface area contributed by atoms with E-state index in [0.717, 1.165) is 11.5 Å². The number of nitrogens with one attached hydrogen (secondary N) is 1. The van der Waals surface area contributed by atoms with Gasteiger partial charge in [0.15, 0.2) is 5.82 Å². The van der Waals surface area contributed by atoms with Crippen LogP contribution in [0.1, 0.15) is 51.6 Å². The molecule has 20 heavy (non-hydrogen) atoms. The fraction of sp³-hybridized carbons (Fsp3) is 0.750. The number of aryl methyl sites for hydroxylation is 1. The van der Waals surface area contributed by atoms with Gasteiger partial charge < -0.3 is 10.2 Å². The first-order valence-electron chi connectivity index (χ1n) is 7.91. The van der Waals surface area contributed by atoms with Gasteiger partial charge in [-0.15, -0.1) is 5.10 Å². The summed E-state index contributed by atoms with van der Waals surface area (Å²) in [6.07, 6.45) is 6.38. The molecule has 2 atom stereocenters. The van der Waals surface area contributed by atoms with Crippen LogP contribution in [-0.4, -0.2) is 36.4 Å². The lowest BCUT2D eigenvalue weighted by Crippen LogP contribution is -2.37. The van der Waals surface area contributed by atoms with Crippen molar-refractivity contribution in [2.75, 3.05) is 19.0 Å². The second-order valence-corrected chi connectivity index (χ2v) is 5.30. The highest BCUT2D eigenvalue weighted by atomic mass is 15.3. The topological polar surface area (TPSA) is 41.0 Å². The van der Waals surface area contributed by atoms with Crippen molar-refractivity contribution in [3.05, 3.63) is 17.8 Å². The van der Waals surface area contributed by atoms with Crippen LogP contribution in [0.4, 0.5) is 5.82 Å². The molecule has 0 aliphatic heterocycles. The number of rotatable bonds is 3. The van der Waals surface area contributed by atoms with Gasteiger partial charge in [0.25, 0.3) is 0 Å². The molecule has 2 rings (SSSR count). The Bertz CT molecular complexity index is 363. The Morgan fingerprint density at radius 1 is 1.15 bits per heavy atom. The number of hydrogen-bond acceptors (Lipinski definition) is 4. The summed E-state index contributed by atoms with van der Waals surface area (Å²) in [5, 5.41) is 11.9. The Kier molecular flexibility index (Phi) is 7.52. The lowest BCUT2D eigenvalue weighted by Gasteiger charge is -2.29. The fourth-order valence-corrected chi connectivity index (χ4v) is 2.72. The molecule has 1 aromatic heterocycles. The largest absolute Gasteiger partial charge is 0.355 e. The molecule has 1 fully saturated rings. The summed E-state index contributed by atoms with van der Waals surface area (Å²) >= 11 is 0. The minimum atomic E-state index is 0.571. The molecule has 0 spiro atoms. The van der Waals surface area contributed by atoms with Crippen LogP contribution in [0.15, 0.2) is 12.1 Å². The SMILES string of the molecule is CC.CNC1CCCC[C@H](N(C)c2ccc(C)nn2)C1. The summed E-state index contributed by atoms with van der Waals surface area (Å²) in [7, 11) is 4.21. The summed E-state index contributed by atoms with van der Waals surface area (Å²) in [5.41, 5.74) is 0.973. The first-order valence-corrected chi connectivity index (χ1v) is 7.91. The van der Waals surface area contributed by atoms with Crippen molar-refractivity contribution in [3.63, 3.8) is 0 Å². The van der Waals surface area contributed by atoms with Crippen molar-refractivity contribution < 1.29 is 0 Å². The van der Waals surface area contributed by atoms with Gasteiger partial charge >= 0.3 is 0 Å². The van der Waals surface area contributed by atoms with Gasteiger partial charge in [-0.25, -0.2) is 0 Å². The van der Waals surface area contributed by atoms with Crippen molar-refractivity contribution in [2.24, 2.45) is 0 Å². The van der Waals surface area contributed by atoms with E-state index in [1.807, 2.05) is 26.8 Å². The van der Waals surface area contributed by atoms with E-state index in [2.05, 4.69) is 40.6 Å². The third kappa shape index (κ3) is 4.75. The molecule has 1 aliphatic carbocycles. The average Bonchev–Trinajstić information content (AvgIpc) is 2.75. The van der Waals surface area contributed by atoms with Gasteiger partial charge in [-0.2, -0.15) is 5.10 Å². The molecule has 0 aromatic carbocycles. The van der Waals surface area contributed by atoms with Crippen molar-refractivity contribution in [2.45, 2.75) is 65.0 Å². The van der Waals surface area contributed by atoms with E-state index in [1.54, 1.807) is 0 Å². The van der Waals surface area contributed by atoms with Gasteiger partial charge in [0.2, 0.25) is 0 Å². The van der Waals surface area contributed by atoms with E-state index >= 15 is 0 Å². The molecule has 4 heteroatoms. The van der Waals surface area contributed by atoms with Crippen LogP contribution >= 0.6 is 0 Å². The van der Waals surface area contributed by atoms with Gasteiger partial charge in [0.1, 0.15) is 0 Å². The predicted molar refractivity (Wildman–Crippen MR) is 86.2 cm³/mol. The number of nitrogens with zero attached hydrogens (tertiary/aromatic N) is 3. The zero-order valence-electron chi connectivity index (χ0n) is 13.7. The molecular formula is C16H30N4. The second kappa shape index (κ2) is 8.90. The van der Waals surface area contributed by atoms with Crippen LogP contribution in [0.5, 0.6) is 0 Å². The van der Waals surface area contributed by atoms with Crippen LogP contribution < -0.4 is 10.2 Å². The highest BCUT2D eigenvalue weighted by Crippen LogP contribution is 2.24. The summed E-state index contributed by atoms with van der Waals surface area (Å²) in [6, 6.07) is 5.31. The summed E-state index contributed by atoms with van der Waals surface area (Å²) in [6.45, 7) is 5.97. The Morgan fingerprint density at radius 2 is 1.85 bits per heavy atom. The van der Waals surface area contributed by atoms with Crippen LogP contribution in [0.3, 0.4) is 0 Å². The zero-order valence-corrected chi connectivity index (χ0v) is 13.7. The van der Waals surface area contributed by atoms with Gasteiger partial charge in [-0.05, 0) is 45.4 Å². The maximum atomic E-state index is 4.29. The van der Waals surface area contributed by atoms with Gasteiger partial charge in [-0.1, -0.05) is 26.7 Å². The molecule has 1 N–H and O–H groups in total.